The zero-order valence-corrected chi connectivity index (χ0v) is 15.6. The number of benzene rings is 2. The predicted molar refractivity (Wildman–Crippen MR) is 98.4 cm³/mol. The number of rotatable bonds is 8. The number of nitrogens with one attached hydrogen (secondary N) is 1. The summed E-state index contributed by atoms with van der Waals surface area (Å²) in [7, 11) is -3.69. The number of phenolic OH excluding ortho intramolecular Hbond substituents is 2. The molecule has 0 aliphatic carbocycles. The summed E-state index contributed by atoms with van der Waals surface area (Å²) in [5.74, 6) is -1.35. The van der Waals surface area contributed by atoms with Gasteiger partial charge >= 0.3 is 7.60 Å². The highest BCUT2D eigenvalue weighted by Gasteiger charge is 2.39. The third kappa shape index (κ3) is 4.67. The lowest BCUT2D eigenvalue weighted by atomic mass is 10.2. The largest absolute Gasteiger partial charge is 0.508 e. The van der Waals surface area contributed by atoms with Crippen molar-refractivity contribution in [1.82, 2.24) is 0 Å². The fraction of sp³-hybridized carbons (Fsp3) is 0.294. The lowest BCUT2D eigenvalue weighted by Gasteiger charge is -2.29. The zero-order valence-electron chi connectivity index (χ0n) is 14.0. The average molecular weight is 386 g/mol. The van der Waals surface area contributed by atoms with Crippen LogP contribution in [0.25, 0.3) is 0 Å². The fourth-order valence-corrected chi connectivity index (χ4v) is 4.50. The SMILES string of the molecule is CCOP(=O)(OCC)C(Nc1ccccc1Cl)c1ccc(O)cc1O. The van der Waals surface area contributed by atoms with Gasteiger partial charge in [0.15, 0.2) is 5.78 Å². The monoisotopic (exact) mass is 385 g/mol. The Balaban J connectivity index is 2.54. The molecule has 0 amide bonds. The molecule has 0 heterocycles. The lowest BCUT2D eigenvalue weighted by molar-refractivity contribution is 0.213. The minimum Gasteiger partial charge on any atom is -0.508 e. The third-order valence-electron chi connectivity index (χ3n) is 3.41. The van der Waals surface area contributed by atoms with Gasteiger partial charge in [0.2, 0.25) is 0 Å². The number of halogens is 1. The van der Waals surface area contributed by atoms with Gasteiger partial charge in [-0.15, -0.1) is 0 Å². The van der Waals surface area contributed by atoms with Crippen molar-refractivity contribution in [3.8, 4) is 11.5 Å². The van der Waals surface area contributed by atoms with E-state index in [9.17, 15) is 14.8 Å². The van der Waals surface area contributed by atoms with Crippen LogP contribution in [0.15, 0.2) is 42.5 Å². The molecule has 0 spiro atoms. The van der Waals surface area contributed by atoms with Crippen molar-refractivity contribution in [2.24, 2.45) is 0 Å². The number of aromatic hydroxyl groups is 2. The minimum atomic E-state index is -3.69. The molecule has 0 aliphatic heterocycles. The Morgan fingerprint density at radius 3 is 2.32 bits per heavy atom. The second kappa shape index (κ2) is 8.59. The summed E-state index contributed by atoms with van der Waals surface area (Å²) >= 11 is 6.19. The smallest absolute Gasteiger partial charge is 0.357 e. The van der Waals surface area contributed by atoms with Crippen LogP contribution in [0, 0.1) is 0 Å². The van der Waals surface area contributed by atoms with Crippen LogP contribution < -0.4 is 5.32 Å². The summed E-state index contributed by atoms with van der Waals surface area (Å²) in [6.07, 6.45) is 0. The van der Waals surface area contributed by atoms with Crippen molar-refractivity contribution in [2.45, 2.75) is 19.6 Å². The summed E-state index contributed by atoms with van der Waals surface area (Å²) in [6, 6.07) is 11.0. The summed E-state index contributed by atoms with van der Waals surface area (Å²) in [5, 5.41) is 23.2. The van der Waals surface area contributed by atoms with E-state index < -0.39 is 13.4 Å². The van der Waals surface area contributed by atoms with Crippen LogP contribution in [-0.4, -0.2) is 23.4 Å². The summed E-state index contributed by atoms with van der Waals surface area (Å²) < 4.78 is 24.2. The maximum Gasteiger partial charge on any atom is 0.357 e. The van der Waals surface area contributed by atoms with Gasteiger partial charge in [-0.2, -0.15) is 0 Å². The molecule has 0 saturated carbocycles. The van der Waals surface area contributed by atoms with Gasteiger partial charge in [-0.1, -0.05) is 23.7 Å². The van der Waals surface area contributed by atoms with E-state index >= 15 is 0 Å². The summed E-state index contributed by atoms with van der Waals surface area (Å²) in [4.78, 5) is 0. The maximum absolute atomic E-state index is 13.3. The molecule has 25 heavy (non-hydrogen) atoms. The Hall–Kier alpha value is -1.72. The molecule has 0 aliphatic rings. The van der Waals surface area contributed by atoms with Crippen molar-refractivity contribution in [1.29, 1.82) is 0 Å². The topological polar surface area (TPSA) is 88.0 Å². The molecule has 0 saturated heterocycles. The van der Waals surface area contributed by atoms with Crippen LogP contribution in [0.2, 0.25) is 5.02 Å². The van der Waals surface area contributed by atoms with Crippen LogP contribution in [0.3, 0.4) is 0 Å². The molecule has 0 fully saturated rings. The van der Waals surface area contributed by atoms with Gasteiger partial charge in [0.05, 0.1) is 23.9 Å². The van der Waals surface area contributed by atoms with Crippen LogP contribution in [-0.2, 0) is 13.6 Å². The van der Waals surface area contributed by atoms with Gasteiger partial charge < -0.3 is 24.6 Å². The quantitative estimate of drug-likeness (QED) is 0.546. The number of anilines is 1. The van der Waals surface area contributed by atoms with Crippen molar-refractivity contribution >= 4 is 24.9 Å². The molecular formula is C17H21ClNO5P. The Morgan fingerprint density at radius 1 is 1.12 bits per heavy atom. The molecule has 0 bridgehead atoms. The molecule has 1 atom stereocenters. The predicted octanol–water partition coefficient (Wildman–Crippen LogP) is 5.13. The highest BCUT2D eigenvalue weighted by atomic mass is 35.5. The van der Waals surface area contributed by atoms with Crippen molar-refractivity contribution in [3.63, 3.8) is 0 Å². The highest BCUT2D eigenvalue weighted by Crippen LogP contribution is 2.62. The van der Waals surface area contributed by atoms with E-state index in [1.807, 2.05) is 0 Å². The Morgan fingerprint density at radius 2 is 1.76 bits per heavy atom. The first-order chi connectivity index (χ1) is 11.9. The molecule has 2 aromatic carbocycles. The molecule has 6 nitrogen and oxygen atoms in total. The van der Waals surface area contributed by atoms with E-state index in [0.717, 1.165) is 0 Å². The van der Waals surface area contributed by atoms with Gasteiger partial charge in [0, 0.05) is 11.6 Å². The van der Waals surface area contributed by atoms with Gasteiger partial charge in [0.25, 0.3) is 0 Å². The first kappa shape index (κ1) is 19.6. The molecule has 0 aromatic heterocycles. The Labute approximate surface area is 151 Å². The number of hydrogen-bond donors (Lipinski definition) is 3. The zero-order chi connectivity index (χ0) is 18.4. The van der Waals surface area contributed by atoms with E-state index in [2.05, 4.69) is 5.32 Å². The van der Waals surface area contributed by atoms with Crippen LogP contribution >= 0.6 is 19.2 Å². The minimum absolute atomic E-state index is 0.111. The van der Waals surface area contributed by atoms with Crippen LogP contribution in [0.4, 0.5) is 5.69 Å². The molecule has 2 rings (SSSR count). The van der Waals surface area contributed by atoms with Crippen molar-refractivity contribution in [3.05, 3.63) is 53.1 Å². The fourth-order valence-electron chi connectivity index (χ4n) is 2.36. The molecule has 136 valence electrons. The summed E-state index contributed by atoms with van der Waals surface area (Å²) in [6.45, 7) is 3.73. The highest BCUT2D eigenvalue weighted by molar-refractivity contribution is 7.54. The summed E-state index contributed by atoms with van der Waals surface area (Å²) in [5.41, 5.74) is 0.782. The molecule has 1 unspecified atom stereocenters. The molecule has 2 aromatic rings. The second-order valence-corrected chi connectivity index (χ2v) is 7.66. The van der Waals surface area contributed by atoms with Gasteiger partial charge in [0.1, 0.15) is 11.5 Å². The van der Waals surface area contributed by atoms with E-state index in [1.165, 1.54) is 18.2 Å². The van der Waals surface area contributed by atoms with E-state index in [1.54, 1.807) is 38.1 Å². The van der Waals surface area contributed by atoms with E-state index in [0.29, 0.717) is 10.7 Å². The maximum atomic E-state index is 13.3. The van der Waals surface area contributed by atoms with Gasteiger partial charge in [-0.25, -0.2) is 0 Å². The van der Waals surface area contributed by atoms with Gasteiger partial charge in [-0.05, 0) is 38.1 Å². The molecule has 0 radical (unpaired) electrons. The van der Waals surface area contributed by atoms with E-state index in [4.69, 9.17) is 20.6 Å². The Kier molecular flexibility index (Phi) is 6.73. The Bertz CT molecular complexity index is 760. The number of para-hydroxylation sites is 1. The van der Waals surface area contributed by atoms with Crippen LogP contribution in [0.5, 0.6) is 11.5 Å². The molecular weight excluding hydrogens is 365 g/mol. The number of hydrogen-bond acceptors (Lipinski definition) is 6. The van der Waals surface area contributed by atoms with Crippen LogP contribution in [0.1, 0.15) is 25.2 Å². The first-order valence-electron chi connectivity index (χ1n) is 7.83. The van der Waals surface area contributed by atoms with E-state index in [-0.39, 0.29) is 30.3 Å². The standard InChI is InChI=1S/C17H21ClNO5P/c1-3-23-25(22,24-4-2)17(13-10-9-12(20)11-16(13)21)19-15-8-6-5-7-14(15)18/h5-11,17,19-21H,3-4H2,1-2H3. The normalized spacial score (nSPS) is 12.8. The van der Waals surface area contributed by atoms with Crippen molar-refractivity contribution in [2.75, 3.05) is 18.5 Å². The average Bonchev–Trinajstić information content (AvgIpc) is 2.55. The van der Waals surface area contributed by atoms with Crippen molar-refractivity contribution < 1.29 is 23.8 Å². The third-order valence-corrected chi connectivity index (χ3v) is 6.01. The number of phenols is 2. The van der Waals surface area contributed by atoms with Gasteiger partial charge in [-0.3, -0.25) is 4.57 Å². The molecule has 3 N–H and O–H groups in total. The molecule has 8 heteroatoms. The second-order valence-electron chi connectivity index (χ2n) is 5.15. The lowest BCUT2D eigenvalue weighted by Crippen LogP contribution is -2.15. The first-order valence-corrected chi connectivity index (χ1v) is 9.82.